The van der Waals surface area contributed by atoms with Crippen LogP contribution in [0.3, 0.4) is 0 Å². The number of carbonyl (C=O) groups is 1. The second kappa shape index (κ2) is 14.5. The Morgan fingerprint density at radius 2 is 1.78 bits per heavy atom. The van der Waals surface area contributed by atoms with Gasteiger partial charge in [-0.25, -0.2) is 9.37 Å². The molecule has 1 aromatic carbocycles. The number of ether oxygens (including phenoxy) is 2. The third kappa shape index (κ3) is 7.80. The topological polar surface area (TPSA) is 87.2 Å². The van der Waals surface area contributed by atoms with Crippen LogP contribution in [-0.4, -0.2) is 113 Å². The molecule has 1 spiro atoms. The van der Waals surface area contributed by atoms with E-state index in [4.69, 9.17) is 9.47 Å². The predicted octanol–water partition coefficient (Wildman–Crippen LogP) is 5.74. The lowest BCUT2D eigenvalue weighted by Gasteiger charge is -2.61. The van der Waals surface area contributed by atoms with Gasteiger partial charge >= 0.3 is 0 Å². The molecule has 0 saturated carbocycles. The summed E-state index contributed by atoms with van der Waals surface area (Å²) in [6.07, 6.45) is 4.74. The molecule has 1 amide bonds. The first-order chi connectivity index (χ1) is 21.6. The molecule has 4 rings (SSSR count). The van der Waals surface area contributed by atoms with Crippen LogP contribution in [0.1, 0.15) is 85.0 Å². The number of amides is 1. The Kier molecular flexibility index (Phi) is 11.3. The van der Waals surface area contributed by atoms with E-state index in [1.54, 1.807) is 12.0 Å². The Hall–Kier alpha value is -2.89. The lowest BCUT2D eigenvalue weighted by Crippen LogP contribution is -2.68. The van der Waals surface area contributed by atoms with Gasteiger partial charge in [-0.2, -0.15) is 0 Å². The van der Waals surface area contributed by atoms with Crippen molar-refractivity contribution in [1.82, 2.24) is 29.9 Å². The van der Waals surface area contributed by atoms with Gasteiger partial charge in [0.05, 0.1) is 12.2 Å². The minimum atomic E-state index is -0.503. The van der Waals surface area contributed by atoms with Gasteiger partial charge in [-0.15, -0.1) is 10.2 Å². The predicted molar refractivity (Wildman–Crippen MR) is 180 cm³/mol. The molecule has 2 aliphatic rings. The van der Waals surface area contributed by atoms with Gasteiger partial charge in [0, 0.05) is 62.9 Å². The minimum Gasteiger partial charge on any atom is -0.434 e. The van der Waals surface area contributed by atoms with Gasteiger partial charge in [0.2, 0.25) is 0 Å². The molecule has 1 aromatic heterocycles. The average Bonchev–Trinajstić information content (AvgIpc) is 3.41. The van der Waals surface area contributed by atoms with Crippen LogP contribution in [-0.2, 0) is 4.74 Å². The summed E-state index contributed by atoms with van der Waals surface area (Å²) in [5, 5.41) is 8.28. The molecule has 2 aliphatic heterocycles. The van der Waals surface area contributed by atoms with E-state index in [1.807, 2.05) is 27.7 Å². The second-order valence-electron chi connectivity index (χ2n) is 15.2. The molecule has 0 bridgehead atoms. The van der Waals surface area contributed by atoms with Crippen LogP contribution < -0.4 is 9.64 Å². The molecule has 2 aromatic rings. The van der Waals surface area contributed by atoms with Crippen molar-refractivity contribution >= 4 is 11.7 Å². The van der Waals surface area contributed by atoms with Crippen LogP contribution in [0.4, 0.5) is 10.2 Å². The lowest BCUT2D eigenvalue weighted by molar-refractivity contribution is -0.110. The smallest absolute Gasteiger partial charge is 0.282 e. The highest BCUT2D eigenvalue weighted by Gasteiger charge is 2.55. The van der Waals surface area contributed by atoms with Gasteiger partial charge in [0.1, 0.15) is 17.9 Å². The molecular weight excluding hydrogens is 585 g/mol. The van der Waals surface area contributed by atoms with Gasteiger partial charge in [-0.1, -0.05) is 20.8 Å². The highest BCUT2D eigenvalue weighted by atomic mass is 19.1. The molecule has 0 unspecified atom stereocenters. The fraction of sp³-hybridized carbons (Fsp3) is 0.714. The first-order valence-corrected chi connectivity index (χ1v) is 16.8. The summed E-state index contributed by atoms with van der Waals surface area (Å²) in [7, 11) is 3.92. The first kappa shape index (κ1) is 36.0. The molecule has 2 fully saturated rings. The quantitative estimate of drug-likeness (QED) is 0.256. The molecule has 46 heavy (non-hydrogen) atoms. The van der Waals surface area contributed by atoms with Gasteiger partial charge in [0.25, 0.3) is 11.8 Å². The summed E-state index contributed by atoms with van der Waals surface area (Å²) in [6, 6.07) is 3.88. The van der Waals surface area contributed by atoms with Crippen molar-refractivity contribution in [3.63, 3.8) is 0 Å². The normalized spacial score (nSPS) is 18.0. The SMILES string of the molecule is COCCN(C)CCC[C@@](C)(N1CC2(CCN(c3ncnnc3Oc3ccc(F)cc3C(=O)N(C(C)C)C(C)C)C2)C1)C(C)(C)C. The van der Waals surface area contributed by atoms with E-state index in [9.17, 15) is 9.18 Å². The summed E-state index contributed by atoms with van der Waals surface area (Å²) in [5.74, 6) is 0.247. The molecule has 2 saturated heterocycles. The van der Waals surface area contributed by atoms with Crippen molar-refractivity contribution in [3.8, 4) is 11.6 Å². The third-order valence-corrected chi connectivity index (χ3v) is 10.3. The maximum absolute atomic E-state index is 14.4. The fourth-order valence-electron chi connectivity index (χ4n) is 7.15. The molecular formula is C35H56FN7O3. The van der Waals surface area contributed by atoms with Gasteiger partial charge in [-0.3, -0.25) is 9.69 Å². The minimum absolute atomic E-state index is 0.0671. The molecule has 3 heterocycles. The van der Waals surface area contributed by atoms with E-state index in [1.165, 1.54) is 24.5 Å². The summed E-state index contributed by atoms with van der Waals surface area (Å²) in [6.45, 7) is 23.8. The maximum atomic E-state index is 14.4. The van der Waals surface area contributed by atoms with E-state index in [-0.39, 0.29) is 51.6 Å². The summed E-state index contributed by atoms with van der Waals surface area (Å²) >= 11 is 0. The maximum Gasteiger partial charge on any atom is 0.282 e. The standard InChI is InChI=1S/C35H56FN7O3/c1-25(2)43(26(3)4)32(44)28-20-27(36)12-13-29(28)46-31-30(37-24-38-39-31)41-17-15-35(21-41)22-42(23-35)34(8,33(5,6)7)14-11-16-40(9)18-19-45-10/h12-13,20,24-26H,11,14-19,21-23H2,1-10H3/t34-/m1/s1. The van der Waals surface area contributed by atoms with Gasteiger partial charge in [-0.05, 0) is 91.1 Å². The Morgan fingerprint density at radius 1 is 1.09 bits per heavy atom. The summed E-state index contributed by atoms with van der Waals surface area (Å²) < 4.78 is 25.9. The number of anilines is 1. The largest absolute Gasteiger partial charge is 0.434 e. The Balaban J connectivity index is 1.47. The van der Waals surface area contributed by atoms with E-state index in [0.717, 1.165) is 65.1 Å². The zero-order valence-corrected chi connectivity index (χ0v) is 29.8. The number of hydrogen-bond donors (Lipinski definition) is 0. The summed E-state index contributed by atoms with van der Waals surface area (Å²) in [4.78, 5) is 27.2. The fourth-order valence-corrected chi connectivity index (χ4v) is 7.15. The molecule has 256 valence electrons. The Morgan fingerprint density at radius 3 is 2.41 bits per heavy atom. The number of carbonyl (C=O) groups excluding carboxylic acids is 1. The number of halogens is 1. The highest BCUT2D eigenvalue weighted by Crippen LogP contribution is 2.50. The number of likely N-dealkylation sites (tertiary alicyclic amines) is 1. The number of aromatic nitrogens is 3. The van der Waals surface area contributed by atoms with E-state index >= 15 is 0 Å². The van der Waals surface area contributed by atoms with Crippen LogP contribution in [0, 0.1) is 16.6 Å². The Labute approximate surface area is 275 Å². The number of benzene rings is 1. The van der Waals surface area contributed by atoms with Gasteiger partial charge in [0.15, 0.2) is 5.82 Å². The van der Waals surface area contributed by atoms with Crippen LogP contribution in [0.15, 0.2) is 24.5 Å². The van der Waals surface area contributed by atoms with E-state index in [0.29, 0.717) is 5.82 Å². The van der Waals surface area contributed by atoms with Crippen molar-refractivity contribution in [1.29, 1.82) is 0 Å². The lowest BCUT2D eigenvalue weighted by atomic mass is 9.66. The number of likely N-dealkylation sites (N-methyl/N-ethyl adjacent to an activating group) is 1. The number of rotatable bonds is 14. The monoisotopic (exact) mass is 641 g/mol. The van der Waals surface area contributed by atoms with Crippen LogP contribution in [0.25, 0.3) is 0 Å². The number of nitrogens with zero attached hydrogens (tertiary/aromatic N) is 7. The second-order valence-corrected chi connectivity index (χ2v) is 15.2. The Bertz CT molecular complexity index is 1320. The molecule has 11 heteroatoms. The van der Waals surface area contributed by atoms with Crippen molar-refractivity contribution in [3.05, 3.63) is 35.9 Å². The number of hydrogen-bond acceptors (Lipinski definition) is 9. The molecule has 1 atom stereocenters. The van der Waals surface area contributed by atoms with E-state index < -0.39 is 5.82 Å². The zero-order valence-electron chi connectivity index (χ0n) is 29.8. The number of methoxy groups -OCH3 is 1. The molecule has 0 N–H and O–H groups in total. The van der Waals surface area contributed by atoms with Crippen molar-refractivity contribution in [2.24, 2.45) is 10.8 Å². The molecule has 0 radical (unpaired) electrons. The summed E-state index contributed by atoms with van der Waals surface area (Å²) in [5.41, 5.74) is 0.512. The molecule has 10 nitrogen and oxygen atoms in total. The average molecular weight is 642 g/mol. The first-order valence-electron chi connectivity index (χ1n) is 16.8. The molecule has 0 aliphatic carbocycles. The van der Waals surface area contributed by atoms with Crippen molar-refractivity contribution in [2.45, 2.75) is 92.3 Å². The van der Waals surface area contributed by atoms with E-state index in [2.05, 4.69) is 64.6 Å². The van der Waals surface area contributed by atoms with Gasteiger partial charge < -0.3 is 24.2 Å². The van der Waals surface area contributed by atoms with Crippen LogP contribution in [0.5, 0.6) is 11.6 Å². The highest BCUT2D eigenvalue weighted by molar-refractivity contribution is 5.97. The van der Waals surface area contributed by atoms with Crippen molar-refractivity contribution in [2.75, 3.05) is 64.9 Å². The zero-order chi connectivity index (χ0) is 33.9. The van der Waals surface area contributed by atoms with Crippen LogP contribution >= 0.6 is 0 Å². The van der Waals surface area contributed by atoms with Crippen molar-refractivity contribution < 1.29 is 18.7 Å². The van der Waals surface area contributed by atoms with Crippen LogP contribution in [0.2, 0.25) is 0 Å². The third-order valence-electron chi connectivity index (χ3n) is 10.3.